The number of carbonyl (C=O) groups excluding carboxylic acids is 2. The Kier molecular flexibility index (Phi) is 7.26. The largest absolute Gasteiger partial charge is 0.492 e. The minimum atomic E-state index is -0.373. The van der Waals surface area contributed by atoms with Gasteiger partial charge >= 0.3 is 0 Å². The van der Waals surface area contributed by atoms with E-state index < -0.39 is 0 Å². The van der Waals surface area contributed by atoms with Gasteiger partial charge in [-0.3, -0.25) is 14.9 Å². The monoisotopic (exact) mass is 461 g/mol. The first-order chi connectivity index (χ1) is 16.1. The zero-order valence-electron chi connectivity index (χ0n) is 18.1. The van der Waals surface area contributed by atoms with Crippen molar-refractivity contribution in [1.82, 2.24) is 10.3 Å². The van der Waals surface area contributed by atoms with Crippen LogP contribution in [-0.4, -0.2) is 36.3 Å². The summed E-state index contributed by atoms with van der Waals surface area (Å²) in [4.78, 5) is 29.9. The predicted molar refractivity (Wildman–Crippen MR) is 129 cm³/mol. The van der Waals surface area contributed by atoms with Gasteiger partial charge in [0.25, 0.3) is 11.1 Å². The number of hydrogen-bond acceptors (Lipinski definition) is 7. The summed E-state index contributed by atoms with van der Waals surface area (Å²) in [5.41, 5.74) is 1.90. The van der Waals surface area contributed by atoms with Crippen LogP contribution in [0.4, 0.5) is 10.6 Å². The molecule has 4 rings (SSSR count). The number of nitrogens with one attached hydrogen (secondary N) is 1. The van der Waals surface area contributed by atoms with Crippen LogP contribution in [0.3, 0.4) is 0 Å². The average molecular weight is 462 g/mol. The molecule has 0 aliphatic carbocycles. The topological polar surface area (TPSA) is 80.8 Å². The highest BCUT2D eigenvalue weighted by atomic mass is 32.2. The Labute approximate surface area is 196 Å². The highest BCUT2D eigenvalue weighted by molar-refractivity contribution is 8.18. The van der Waals surface area contributed by atoms with Gasteiger partial charge in [-0.05, 0) is 53.2 Å². The Hall–Kier alpha value is -3.78. The third-order valence-electron chi connectivity index (χ3n) is 4.85. The molecule has 0 saturated carbocycles. The summed E-state index contributed by atoms with van der Waals surface area (Å²) >= 11 is 0.895. The molecule has 1 N–H and O–H groups in total. The molecule has 3 aromatic rings. The molecular formula is C25H23N3O4S. The first-order valence-corrected chi connectivity index (χ1v) is 11.2. The van der Waals surface area contributed by atoms with Gasteiger partial charge in [0.2, 0.25) is 0 Å². The van der Waals surface area contributed by atoms with Gasteiger partial charge in [0, 0.05) is 7.05 Å². The van der Waals surface area contributed by atoms with E-state index in [1.54, 1.807) is 12.3 Å². The van der Waals surface area contributed by atoms with Gasteiger partial charge in [-0.1, -0.05) is 42.5 Å². The van der Waals surface area contributed by atoms with Crippen LogP contribution in [-0.2, 0) is 11.4 Å². The van der Waals surface area contributed by atoms with Crippen LogP contribution in [0.15, 0.2) is 77.8 Å². The lowest BCUT2D eigenvalue weighted by atomic mass is 10.2. The zero-order chi connectivity index (χ0) is 23.0. The highest BCUT2D eigenvalue weighted by Gasteiger charge is 2.24. The molecule has 1 aliphatic rings. The fourth-order valence-electron chi connectivity index (χ4n) is 3.11. The maximum Gasteiger partial charge on any atom is 0.290 e. The van der Waals surface area contributed by atoms with Crippen molar-refractivity contribution < 1.29 is 19.1 Å². The number of hydrogen-bond donors (Lipinski definition) is 1. The lowest BCUT2D eigenvalue weighted by molar-refractivity contribution is -0.115. The smallest absolute Gasteiger partial charge is 0.290 e. The van der Waals surface area contributed by atoms with Gasteiger partial charge in [-0.15, -0.1) is 0 Å². The van der Waals surface area contributed by atoms with E-state index in [1.165, 1.54) is 0 Å². The molecule has 0 unspecified atom stereocenters. The number of likely N-dealkylation sites (N-methyl/N-ethyl adjacent to an activating group) is 1. The van der Waals surface area contributed by atoms with Crippen LogP contribution >= 0.6 is 11.8 Å². The van der Waals surface area contributed by atoms with Crippen molar-refractivity contribution in [3.05, 3.63) is 89.0 Å². The van der Waals surface area contributed by atoms with Crippen molar-refractivity contribution in [3.63, 3.8) is 0 Å². The van der Waals surface area contributed by atoms with Crippen molar-refractivity contribution in [1.29, 1.82) is 0 Å². The van der Waals surface area contributed by atoms with Gasteiger partial charge in [0.1, 0.15) is 30.5 Å². The van der Waals surface area contributed by atoms with Gasteiger partial charge in [-0.2, -0.15) is 0 Å². The van der Waals surface area contributed by atoms with E-state index in [4.69, 9.17) is 9.47 Å². The SMILES string of the molecule is CN(CCOc1cccc(C=C2SC(=O)NC2=O)c1)c1ccc(OCc2ccccc2)cn1. The van der Waals surface area contributed by atoms with E-state index in [0.717, 1.165) is 28.7 Å². The molecule has 0 bridgehead atoms. The van der Waals surface area contributed by atoms with Gasteiger partial charge < -0.3 is 14.4 Å². The number of imide groups is 1. The van der Waals surface area contributed by atoms with E-state index >= 15 is 0 Å². The molecular weight excluding hydrogens is 438 g/mol. The lowest BCUT2D eigenvalue weighted by Gasteiger charge is -2.18. The molecule has 2 amide bonds. The molecule has 7 nitrogen and oxygen atoms in total. The van der Waals surface area contributed by atoms with E-state index in [-0.39, 0.29) is 11.1 Å². The molecule has 2 heterocycles. The molecule has 1 aromatic heterocycles. The molecule has 1 aliphatic heterocycles. The zero-order valence-corrected chi connectivity index (χ0v) is 18.9. The van der Waals surface area contributed by atoms with E-state index in [0.29, 0.717) is 36.2 Å². The summed E-state index contributed by atoms with van der Waals surface area (Å²) in [5.74, 6) is 1.85. The van der Waals surface area contributed by atoms with Crippen molar-refractivity contribution in [3.8, 4) is 11.5 Å². The van der Waals surface area contributed by atoms with Crippen molar-refractivity contribution >= 4 is 34.8 Å². The second-order valence-corrected chi connectivity index (χ2v) is 8.34. The molecule has 0 atom stereocenters. The van der Waals surface area contributed by atoms with Crippen molar-refractivity contribution in [2.75, 3.05) is 25.1 Å². The minimum absolute atomic E-state index is 0.355. The number of nitrogens with zero attached hydrogens (tertiary/aromatic N) is 2. The summed E-state index contributed by atoms with van der Waals surface area (Å²) in [5, 5.41) is 1.89. The molecule has 8 heteroatoms. The van der Waals surface area contributed by atoms with Crippen LogP contribution in [0.2, 0.25) is 0 Å². The lowest BCUT2D eigenvalue weighted by Crippen LogP contribution is -2.24. The number of ether oxygens (including phenoxy) is 2. The van der Waals surface area contributed by atoms with Crippen molar-refractivity contribution in [2.24, 2.45) is 0 Å². The summed E-state index contributed by atoms with van der Waals surface area (Å²) < 4.78 is 11.6. The Balaban J connectivity index is 1.26. The van der Waals surface area contributed by atoms with Crippen LogP contribution in [0, 0.1) is 0 Å². The fraction of sp³-hybridized carbons (Fsp3) is 0.160. The van der Waals surface area contributed by atoms with E-state index in [9.17, 15) is 9.59 Å². The maximum absolute atomic E-state index is 11.7. The maximum atomic E-state index is 11.7. The minimum Gasteiger partial charge on any atom is -0.492 e. The Bertz CT molecular complexity index is 1150. The standard InChI is InChI=1S/C25H23N3O4S/c1-28(23-11-10-21(16-26-23)32-17-18-6-3-2-4-7-18)12-13-31-20-9-5-8-19(14-20)15-22-24(29)27-25(30)33-22/h2-11,14-16H,12-13,17H2,1H3,(H,27,29,30). The number of carbonyl (C=O) groups is 2. The quantitative estimate of drug-likeness (QED) is 0.470. The first kappa shape index (κ1) is 22.4. The number of benzene rings is 2. The first-order valence-electron chi connectivity index (χ1n) is 10.4. The molecule has 0 spiro atoms. The molecule has 1 saturated heterocycles. The second kappa shape index (κ2) is 10.7. The van der Waals surface area contributed by atoms with E-state index in [1.807, 2.05) is 78.7 Å². The molecule has 1 fully saturated rings. The highest BCUT2D eigenvalue weighted by Crippen LogP contribution is 2.26. The summed E-state index contributed by atoms with van der Waals surface area (Å²) in [6.45, 7) is 1.59. The third kappa shape index (κ3) is 6.36. The van der Waals surface area contributed by atoms with Gasteiger partial charge in [0.15, 0.2) is 0 Å². The Morgan fingerprint density at radius 3 is 2.58 bits per heavy atom. The Morgan fingerprint density at radius 1 is 1.00 bits per heavy atom. The molecule has 168 valence electrons. The van der Waals surface area contributed by atoms with Crippen LogP contribution in [0.25, 0.3) is 6.08 Å². The molecule has 33 heavy (non-hydrogen) atoms. The number of aromatic nitrogens is 1. The van der Waals surface area contributed by atoms with Gasteiger partial charge in [0.05, 0.1) is 17.6 Å². The molecule has 2 aromatic carbocycles. The summed E-state index contributed by atoms with van der Waals surface area (Å²) in [7, 11) is 1.95. The number of pyridine rings is 1. The normalized spacial score (nSPS) is 14.3. The van der Waals surface area contributed by atoms with Crippen LogP contribution in [0.1, 0.15) is 11.1 Å². The Morgan fingerprint density at radius 2 is 1.85 bits per heavy atom. The number of amides is 2. The summed E-state index contributed by atoms with van der Waals surface area (Å²) in [6, 6.07) is 21.2. The number of anilines is 1. The van der Waals surface area contributed by atoms with E-state index in [2.05, 4.69) is 10.3 Å². The molecule has 0 radical (unpaired) electrons. The van der Waals surface area contributed by atoms with Gasteiger partial charge in [-0.25, -0.2) is 4.98 Å². The number of thioether (sulfide) groups is 1. The van der Waals surface area contributed by atoms with Crippen LogP contribution < -0.4 is 19.7 Å². The number of rotatable bonds is 9. The fourth-order valence-corrected chi connectivity index (χ4v) is 3.79. The summed E-state index contributed by atoms with van der Waals surface area (Å²) in [6.07, 6.45) is 3.39. The third-order valence-corrected chi connectivity index (χ3v) is 5.66. The average Bonchev–Trinajstić information content (AvgIpc) is 3.15. The van der Waals surface area contributed by atoms with Crippen LogP contribution in [0.5, 0.6) is 11.5 Å². The second-order valence-electron chi connectivity index (χ2n) is 7.32. The predicted octanol–water partition coefficient (Wildman–Crippen LogP) is 4.50. The van der Waals surface area contributed by atoms with Crippen molar-refractivity contribution in [2.45, 2.75) is 6.61 Å².